The average molecular weight is 830 g/mol. The molecule has 0 saturated carbocycles. The predicted molar refractivity (Wildman–Crippen MR) is 228 cm³/mol. The zero-order chi connectivity index (χ0) is 38.1. The first-order valence-electron chi connectivity index (χ1n) is 18.1. The number of nitrogens with zero attached hydrogens (tertiary/aromatic N) is 10. The number of pyridine rings is 2. The highest BCUT2D eigenvalue weighted by Crippen LogP contribution is 2.33. The van der Waals surface area contributed by atoms with E-state index in [1.807, 2.05) is 94.3 Å². The van der Waals surface area contributed by atoms with Crippen molar-refractivity contribution in [1.82, 2.24) is 39.2 Å². The lowest BCUT2D eigenvalue weighted by atomic mass is 10.2. The molecule has 0 amide bonds. The minimum absolute atomic E-state index is 0.605. The molecule has 0 aliphatic rings. The van der Waals surface area contributed by atoms with Crippen LogP contribution in [-0.2, 0) is 13.1 Å². The first-order valence-corrected chi connectivity index (χ1v) is 20.9. The van der Waals surface area contributed by atoms with Crippen LogP contribution < -0.4 is 9.80 Å². The van der Waals surface area contributed by atoms with Gasteiger partial charge in [-0.3, -0.25) is 0 Å². The molecule has 8 aromatic rings. The molecule has 0 fully saturated rings. The first kappa shape index (κ1) is 38.7. The van der Waals surface area contributed by atoms with E-state index in [0.29, 0.717) is 16.6 Å². The van der Waals surface area contributed by atoms with Crippen LogP contribution in [0.2, 0.25) is 15.1 Å². The third-order valence-electron chi connectivity index (χ3n) is 8.93. The molecule has 6 aromatic heterocycles. The summed E-state index contributed by atoms with van der Waals surface area (Å²) in [4.78, 5) is 13.0. The zero-order valence-electron chi connectivity index (χ0n) is 30.4. The fraction of sp³-hybridized carbons (Fsp3) is 0.250. The predicted octanol–water partition coefficient (Wildman–Crippen LogP) is 11.3. The highest BCUT2D eigenvalue weighted by atomic mass is 35.5. The van der Waals surface area contributed by atoms with E-state index in [-0.39, 0.29) is 0 Å². The molecule has 0 N–H and O–H groups in total. The van der Waals surface area contributed by atoms with Crippen LogP contribution in [0.25, 0.3) is 32.4 Å². The molecule has 0 radical (unpaired) electrons. The second-order valence-electron chi connectivity index (χ2n) is 12.8. The van der Waals surface area contributed by atoms with E-state index in [0.717, 1.165) is 104 Å². The topological polar surface area (TPSA) is 92.6 Å². The van der Waals surface area contributed by atoms with Crippen molar-refractivity contribution in [2.24, 2.45) is 0 Å². The fourth-order valence-corrected chi connectivity index (χ4v) is 8.33. The number of aromatic nitrogens is 8. The van der Waals surface area contributed by atoms with E-state index < -0.39 is 0 Å². The van der Waals surface area contributed by atoms with Gasteiger partial charge in [-0.05, 0) is 60.9 Å². The highest BCUT2D eigenvalue weighted by molar-refractivity contribution is 7.18. The molecule has 0 saturated heterocycles. The summed E-state index contributed by atoms with van der Waals surface area (Å²) in [5, 5.41) is 23.5. The molecule has 0 aliphatic heterocycles. The quantitative estimate of drug-likeness (QED) is 0.107. The van der Waals surface area contributed by atoms with E-state index in [2.05, 4.69) is 60.1 Å². The zero-order valence-corrected chi connectivity index (χ0v) is 34.3. The summed E-state index contributed by atoms with van der Waals surface area (Å²) in [6.45, 7) is 7.50. The Bertz CT molecular complexity index is 2450. The number of hydrogen-bond donors (Lipinski definition) is 0. The number of anilines is 2. The second-order valence-corrected chi connectivity index (χ2v) is 16.0. The van der Waals surface area contributed by atoms with E-state index >= 15 is 0 Å². The van der Waals surface area contributed by atoms with Gasteiger partial charge in [0.25, 0.3) is 0 Å². The van der Waals surface area contributed by atoms with E-state index in [1.54, 1.807) is 35.1 Å². The van der Waals surface area contributed by atoms with Gasteiger partial charge in [-0.1, -0.05) is 108 Å². The van der Waals surface area contributed by atoms with Crippen molar-refractivity contribution in [2.45, 2.75) is 52.6 Å². The van der Waals surface area contributed by atoms with Crippen LogP contribution in [0.3, 0.4) is 0 Å². The molecular formula is C40H39Cl3N10S2. The molecule has 0 atom stereocenters. The van der Waals surface area contributed by atoms with E-state index in [4.69, 9.17) is 34.8 Å². The van der Waals surface area contributed by atoms with Crippen molar-refractivity contribution < 1.29 is 0 Å². The van der Waals surface area contributed by atoms with Crippen LogP contribution in [0.15, 0.2) is 104 Å². The van der Waals surface area contributed by atoms with Crippen LogP contribution in [0.5, 0.6) is 0 Å². The summed E-state index contributed by atoms with van der Waals surface area (Å²) < 4.78 is 3.98. The molecule has 0 spiro atoms. The molecule has 282 valence electrons. The molecule has 2 aromatic carbocycles. The molecule has 0 unspecified atom stereocenters. The smallest absolute Gasteiger partial charge is 0.208 e. The summed E-state index contributed by atoms with van der Waals surface area (Å²) in [7, 11) is 0. The number of benzene rings is 2. The van der Waals surface area contributed by atoms with Crippen molar-refractivity contribution in [3.05, 3.63) is 130 Å². The van der Waals surface area contributed by atoms with Gasteiger partial charge in [0.05, 0.1) is 0 Å². The van der Waals surface area contributed by atoms with Gasteiger partial charge in [-0.15, -0.1) is 20.4 Å². The standard InChI is InChI=1S/C20H19Cl2N5S.C20H20ClN5S/c1-2-3-10-27(13-15-16(21)5-4-6-17(15)22)20-25-24-19(28-20)14-7-8-18-23-9-11-26(18)12-14;1-2-3-11-26(13-15-6-4-5-7-17(15)21)20-24-23-19(27-20)16-8-9-18-22-10-12-25(18)14-16/h4-9,11-12H,2-3,10,13H2,1H3;4-10,12,14H,2-3,11,13H2,1H3. The van der Waals surface area contributed by atoms with Crippen molar-refractivity contribution >= 4 is 79.0 Å². The monoisotopic (exact) mass is 828 g/mol. The SMILES string of the molecule is CCCCN(Cc1c(Cl)cccc1Cl)c1nnc(-c2ccc3nccn3c2)s1.CCCCN(Cc1ccccc1Cl)c1nnc(-c2ccc3nccn3c2)s1. The number of rotatable bonds is 14. The lowest BCUT2D eigenvalue weighted by molar-refractivity contribution is 0.710. The molecule has 55 heavy (non-hydrogen) atoms. The number of unbranched alkanes of at least 4 members (excludes halogenated alkanes) is 2. The fourth-order valence-electron chi connectivity index (χ4n) is 5.90. The lowest BCUT2D eigenvalue weighted by Crippen LogP contribution is -2.24. The summed E-state index contributed by atoms with van der Waals surface area (Å²) in [5.41, 5.74) is 5.90. The largest absolute Gasteiger partial charge is 0.342 e. The van der Waals surface area contributed by atoms with Gasteiger partial charge >= 0.3 is 0 Å². The Morgan fingerprint density at radius 2 is 1.09 bits per heavy atom. The Balaban J connectivity index is 0.000000169. The van der Waals surface area contributed by atoms with Gasteiger partial charge in [0.15, 0.2) is 10.0 Å². The highest BCUT2D eigenvalue weighted by Gasteiger charge is 2.18. The summed E-state index contributed by atoms with van der Waals surface area (Å²) in [6.07, 6.45) is 15.9. The maximum Gasteiger partial charge on any atom is 0.208 e. The minimum atomic E-state index is 0.605. The van der Waals surface area contributed by atoms with Gasteiger partial charge in [-0.2, -0.15) is 0 Å². The Labute approximate surface area is 343 Å². The summed E-state index contributed by atoms with van der Waals surface area (Å²) >= 11 is 22.3. The van der Waals surface area contributed by atoms with Crippen LogP contribution in [0, 0.1) is 0 Å². The maximum atomic E-state index is 6.39. The first-order chi connectivity index (χ1) is 26.9. The number of fused-ring (bicyclic) bond motifs is 2. The average Bonchev–Trinajstić information content (AvgIpc) is 4.04. The number of hydrogen-bond acceptors (Lipinski definition) is 10. The van der Waals surface area contributed by atoms with Crippen molar-refractivity contribution in [1.29, 1.82) is 0 Å². The lowest BCUT2D eigenvalue weighted by Gasteiger charge is -2.22. The van der Waals surface area contributed by atoms with Gasteiger partial charge < -0.3 is 18.6 Å². The molecule has 0 bridgehead atoms. The molecule has 8 rings (SSSR count). The molecule has 6 heterocycles. The van der Waals surface area contributed by atoms with Gasteiger partial charge in [0.2, 0.25) is 10.3 Å². The van der Waals surface area contributed by atoms with Crippen LogP contribution in [0.1, 0.15) is 50.7 Å². The van der Waals surface area contributed by atoms with Crippen molar-refractivity contribution in [3.63, 3.8) is 0 Å². The van der Waals surface area contributed by atoms with Crippen LogP contribution in [-0.4, -0.2) is 52.3 Å². The van der Waals surface area contributed by atoms with E-state index in [9.17, 15) is 0 Å². The maximum absolute atomic E-state index is 6.39. The Morgan fingerprint density at radius 1 is 0.582 bits per heavy atom. The Hall–Kier alpha value is -4.59. The summed E-state index contributed by atoms with van der Waals surface area (Å²) in [6, 6.07) is 21.6. The third kappa shape index (κ3) is 9.45. The molecule has 15 heteroatoms. The Morgan fingerprint density at radius 3 is 1.62 bits per heavy atom. The second kappa shape index (κ2) is 18.4. The molecule has 10 nitrogen and oxygen atoms in total. The van der Waals surface area contributed by atoms with Gasteiger partial charge in [0, 0.05) is 95.1 Å². The minimum Gasteiger partial charge on any atom is -0.342 e. The Kier molecular flexibility index (Phi) is 12.9. The van der Waals surface area contributed by atoms with Crippen LogP contribution >= 0.6 is 57.5 Å². The molecular weight excluding hydrogens is 791 g/mol. The third-order valence-corrected chi connectivity index (χ3v) is 12.1. The van der Waals surface area contributed by atoms with Crippen LogP contribution in [0.4, 0.5) is 10.3 Å². The van der Waals surface area contributed by atoms with Crippen molar-refractivity contribution in [2.75, 3.05) is 22.9 Å². The number of halogens is 3. The summed E-state index contributed by atoms with van der Waals surface area (Å²) in [5.74, 6) is 0. The van der Waals surface area contributed by atoms with Gasteiger partial charge in [-0.25, -0.2) is 9.97 Å². The van der Waals surface area contributed by atoms with E-state index in [1.165, 1.54) is 0 Å². The molecule has 0 aliphatic carbocycles. The van der Waals surface area contributed by atoms with Crippen molar-refractivity contribution in [3.8, 4) is 21.1 Å². The van der Waals surface area contributed by atoms with Gasteiger partial charge in [0.1, 0.15) is 11.3 Å². The normalized spacial score (nSPS) is 11.2. The number of imidazole rings is 2.